The number of para-hydroxylation sites is 1. The minimum absolute atomic E-state index is 0.0906. The smallest absolute Gasteiger partial charge is 0.206 e. The molecule has 0 unspecified atom stereocenters. The third-order valence-electron chi connectivity index (χ3n) is 2.45. The van der Waals surface area contributed by atoms with Crippen LogP contribution in [0.3, 0.4) is 0 Å². The SMILES string of the molecule is CCOc1c(N)cccc1C(=O)c1cc(Br)c(Br)s1. The summed E-state index contributed by atoms with van der Waals surface area (Å²) in [6.07, 6.45) is 0. The van der Waals surface area contributed by atoms with Gasteiger partial charge in [-0.3, -0.25) is 4.79 Å². The number of hydrogen-bond acceptors (Lipinski definition) is 4. The fourth-order valence-electron chi connectivity index (χ4n) is 1.63. The molecule has 0 bridgehead atoms. The first-order valence-corrected chi connectivity index (χ1v) is 7.95. The molecule has 0 aliphatic heterocycles. The zero-order chi connectivity index (χ0) is 14.0. The Hall–Kier alpha value is -0.850. The quantitative estimate of drug-likeness (QED) is 0.603. The molecule has 2 N–H and O–H groups in total. The zero-order valence-electron chi connectivity index (χ0n) is 10.1. The minimum atomic E-state index is -0.0906. The van der Waals surface area contributed by atoms with Gasteiger partial charge in [-0.2, -0.15) is 0 Å². The van der Waals surface area contributed by atoms with Crippen LogP contribution in [0, 0.1) is 0 Å². The number of ketones is 1. The first-order chi connectivity index (χ1) is 9.04. The van der Waals surface area contributed by atoms with E-state index in [1.807, 2.05) is 6.92 Å². The van der Waals surface area contributed by atoms with E-state index in [-0.39, 0.29) is 5.78 Å². The van der Waals surface area contributed by atoms with Crippen molar-refractivity contribution in [1.82, 2.24) is 0 Å². The average Bonchev–Trinajstić information content (AvgIpc) is 2.71. The highest BCUT2D eigenvalue weighted by molar-refractivity contribution is 9.13. The average molecular weight is 405 g/mol. The number of ether oxygens (including phenoxy) is 1. The second kappa shape index (κ2) is 6.07. The number of carbonyl (C=O) groups excluding carboxylic acids is 1. The van der Waals surface area contributed by atoms with Crippen molar-refractivity contribution in [2.45, 2.75) is 6.92 Å². The van der Waals surface area contributed by atoms with Gasteiger partial charge < -0.3 is 10.5 Å². The maximum absolute atomic E-state index is 12.5. The van der Waals surface area contributed by atoms with Crippen LogP contribution in [-0.4, -0.2) is 12.4 Å². The molecule has 0 amide bonds. The highest BCUT2D eigenvalue weighted by Crippen LogP contribution is 2.36. The molecule has 0 aliphatic rings. The maximum Gasteiger partial charge on any atom is 0.206 e. The number of halogens is 2. The van der Waals surface area contributed by atoms with Crippen molar-refractivity contribution >= 4 is 54.7 Å². The zero-order valence-corrected chi connectivity index (χ0v) is 14.1. The number of hydrogen-bond donors (Lipinski definition) is 1. The van der Waals surface area contributed by atoms with E-state index in [4.69, 9.17) is 10.5 Å². The Balaban J connectivity index is 2.46. The molecule has 0 spiro atoms. The van der Waals surface area contributed by atoms with E-state index in [0.29, 0.717) is 28.5 Å². The maximum atomic E-state index is 12.5. The normalized spacial score (nSPS) is 10.5. The molecule has 19 heavy (non-hydrogen) atoms. The molecule has 1 aromatic carbocycles. The van der Waals surface area contributed by atoms with Gasteiger partial charge in [-0.1, -0.05) is 6.07 Å². The Kier molecular flexibility index (Phi) is 4.65. The van der Waals surface area contributed by atoms with Crippen LogP contribution >= 0.6 is 43.2 Å². The first-order valence-electron chi connectivity index (χ1n) is 5.55. The molecule has 100 valence electrons. The Bertz CT molecular complexity index is 606. The first kappa shape index (κ1) is 14.6. The molecular weight excluding hydrogens is 394 g/mol. The van der Waals surface area contributed by atoms with Crippen LogP contribution in [0.2, 0.25) is 0 Å². The van der Waals surface area contributed by atoms with Gasteiger partial charge in [0.15, 0.2) is 5.75 Å². The monoisotopic (exact) mass is 403 g/mol. The van der Waals surface area contributed by atoms with Crippen molar-refractivity contribution in [1.29, 1.82) is 0 Å². The molecule has 0 saturated heterocycles. The Morgan fingerprint density at radius 1 is 1.42 bits per heavy atom. The largest absolute Gasteiger partial charge is 0.491 e. The predicted octanol–water partition coefficient (Wildman–Crippen LogP) is 4.49. The number of anilines is 1. The van der Waals surface area contributed by atoms with E-state index >= 15 is 0 Å². The lowest BCUT2D eigenvalue weighted by molar-refractivity contribution is 0.103. The molecule has 0 radical (unpaired) electrons. The summed E-state index contributed by atoms with van der Waals surface area (Å²) < 4.78 is 7.23. The molecule has 1 heterocycles. The van der Waals surface area contributed by atoms with Crippen molar-refractivity contribution in [2.75, 3.05) is 12.3 Å². The fourth-order valence-corrected chi connectivity index (χ4v) is 3.62. The Morgan fingerprint density at radius 2 is 2.16 bits per heavy atom. The summed E-state index contributed by atoms with van der Waals surface area (Å²) in [5, 5.41) is 0. The molecule has 0 fully saturated rings. The van der Waals surface area contributed by atoms with Crippen LogP contribution in [-0.2, 0) is 0 Å². The van der Waals surface area contributed by atoms with Crippen LogP contribution in [0.25, 0.3) is 0 Å². The lowest BCUT2D eigenvalue weighted by Crippen LogP contribution is -2.06. The van der Waals surface area contributed by atoms with Gasteiger partial charge in [-0.25, -0.2) is 0 Å². The topological polar surface area (TPSA) is 52.3 Å². The van der Waals surface area contributed by atoms with Crippen molar-refractivity contribution in [3.8, 4) is 5.75 Å². The Labute approximate surface area is 132 Å². The van der Waals surface area contributed by atoms with E-state index in [1.54, 1.807) is 24.3 Å². The third-order valence-corrected chi connectivity index (χ3v) is 5.70. The van der Waals surface area contributed by atoms with E-state index < -0.39 is 0 Å². The molecule has 1 aromatic heterocycles. The van der Waals surface area contributed by atoms with E-state index in [2.05, 4.69) is 31.9 Å². The molecule has 6 heteroatoms. The van der Waals surface area contributed by atoms with Gasteiger partial charge in [-0.05, 0) is 57.0 Å². The number of nitrogens with two attached hydrogens (primary N) is 1. The minimum Gasteiger partial charge on any atom is -0.491 e. The highest BCUT2D eigenvalue weighted by Gasteiger charge is 2.19. The fraction of sp³-hybridized carbons (Fsp3) is 0.154. The van der Waals surface area contributed by atoms with Crippen LogP contribution in [0.15, 0.2) is 32.5 Å². The number of benzene rings is 1. The summed E-state index contributed by atoms with van der Waals surface area (Å²) in [4.78, 5) is 13.1. The number of nitrogen functional groups attached to an aromatic ring is 1. The predicted molar refractivity (Wildman–Crippen MR) is 85.2 cm³/mol. The Morgan fingerprint density at radius 3 is 2.74 bits per heavy atom. The van der Waals surface area contributed by atoms with Gasteiger partial charge >= 0.3 is 0 Å². The summed E-state index contributed by atoms with van der Waals surface area (Å²) in [5.41, 5.74) is 6.83. The molecule has 2 rings (SSSR count). The van der Waals surface area contributed by atoms with Gasteiger partial charge in [0.2, 0.25) is 5.78 Å². The summed E-state index contributed by atoms with van der Waals surface area (Å²) in [6.45, 7) is 2.32. The summed E-state index contributed by atoms with van der Waals surface area (Å²) in [7, 11) is 0. The standard InChI is InChI=1S/C13H11Br2NO2S/c1-2-18-12-7(4-3-5-9(12)16)11(17)10-6-8(14)13(15)19-10/h3-6H,2,16H2,1H3. The summed E-state index contributed by atoms with van der Waals surface area (Å²) >= 11 is 8.13. The third kappa shape index (κ3) is 3.01. The van der Waals surface area contributed by atoms with E-state index in [9.17, 15) is 4.79 Å². The van der Waals surface area contributed by atoms with Gasteiger partial charge in [0.25, 0.3) is 0 Å². The van der Waals surface area contributed by atoms with Gasteiger partial charge in [-0.15, -0.1) is 11.3 Å². The van der Waals surface area contributed by atoms with Crippen molar-refractivity contribution < 1.29 is 9.53 Å². The van der Waals surface area contributed by atoms with Gasteiger partial charge in [0, 0.05) is 4.47 Å². The molecule has 0 aliphatic carbocycles. The molecule has 2 aromatic rings. The second-order valence-corrected chi connectivity index (χ2v) is 6.94. The van der Waals surface area contributed by atoms with Crippen molar-refractivity contribution in [3.63, 3.8) is 0 Å². The summed E-state index contributed by atoms with van der Waals surface area (Å²) in [5.74, 6) is 0.364. The number of carbonyl (C=O) groups is 1. The van der Waals surface area contributed by atoms with Crippen LogP contribution < -0.4 is 10.5 Å². The lowest BCUT2D eigenvalue weighted by Gasteiger charge is -2.11. The van der Waals surface area contributed by atoms with Crippen molar-refractivity contribution in [3.05, 3.63) is 43.0 Å². The van der Waals surface area contributed by atoms with Crippen molar-refractivity contribution in [2.24, 2.45) is 0 Å². The van der Waals surface area contributed by atoms with Gasteiger partial charge in [0.1, 0.15) is 0 Å². The van der Waals surface area contributed by atoms with Gasteiger partial charge in [0.05, 0.1) is 26.5 Å². The molecule has 0 saturated carbocycles. The van der Waals surface area contributed by atoms with Crippen LogP contribution in [0.4, 0.5) is 5.69 Å². The molecule has 3 nitrogen and oxygen atoms in total. The number of thiophene rings is 1. The van der Waals surface area contributed by atoms with E-state index in [1.165, 1.54) is 11.3 Å². The summed E-state index contributed by atoms with van der Waals surface area (Å²) in [6, 6.07) is 6.99. The second-order valence-electron chi connectivity index (χ2n) is 3.72. The molecular formula is C13H11Br2NO2S. The van der Waals surface area contributed by atoms with Crippen LogP contribution in [0.1, 0.15) is 22.2 Å². The van der Waals surface area contributed by atoms with Crippen LogP contribution in [0.5, 0.6) is 5.75 Å². The highest BCUT2D eigenvalue weighted by atomic mass is 79.9. The lowest BCUT2D eigenvalue weighted by atomic mass is 10.1. The molecule has 0 atom stereocenters. The number of rotatable bonds is 4. The van der Waals surface area contributed by atoms with E-state index in [0.717, 1.165) is 8.26 Å².